The Morgan fingerprint density at radius 3 is 1.83 bits per heavy atom. The number of thiophene rings is 1. The first-order chi connectivity index (χ1) is 25.8. The van der Waals surface area contributed by atoms with E-state index in [1.807, 2.05) is 17.4 Å². The molecule has 0 amide bonds. The molecule has 0 bridgehead atoms. The highest BCUT2D eigenvalue weighted by Gasteiger charge is 2.23. The van der Waals surface area contributed by atoms with Gasteiger partial charge in [-0.05, 0) is 58.2 Å². The zero-order valence-corrected chi connectivity index (χ0v) is 29.1. The van der Waals surface area contributed by atoms with E-state index in [9.17, 15) is 0 Å². The maximum absolute atomic E-state index is 5.21. The van der Waals surface area contributed by atoms with Crippen molar-refractivity contribution in [2.75, 3.05) is 0 Å². The minimum Gasteiger partial charge on any atom is -0.360 e. The number of hydrogen-bond donors (Lipinski definition) is 1. The second kappa shape index (κ2) is 12.7. The van der Waals surface area contributed by atoms with Gasteiger partial charge in [0.25, 0.3) is 0 Å². The molecular formula is C48H33N3S. The Morgan fingerprint density at radius 2 is 1.12 bits per heavy atom. The Labute approximate surface area is 306 Å². The SMILES string of the molecule is C1=C(c2ccccc2)NC(c2ccccc2)N=C1c1ccc(-n2c3ccccc3c3c4sc(-c5ccccc5)c(-c5ccccc5)c4ccc32)cc1. The van der Waals surface area contributed by atoms with Crippen LogP contribution in [0.4, 0.5) is 0 Å². The molecule has 3 heterocycles. The van der Waals surface area contributed by atoms with Crippen LogP contribution in [0.2, 0.25) is 0 Å². The Balaban J connectivity index is 1.13. The Morgan fingerprint density at radius 1 is 0.500 bits per heavy atom. The number of aliphatic imine (C=N–C) groups is 1. The topological polar surface area (TPSA) is 29.3 Å². The minimum absolute atomic E-state index is 0.178. The molecule has 1 atom stereocenters. The summed E-state index contributed by atoms with van der Waals surface area (Å²) in [5, 5.41) is 7.52. The number of aromatic nitrogens is 1. The summed E-state index contributed by atoms with van der Waals surface area (Å²) in [7, 11) is 0. The van der Waals surface area contributed by atoms with Crippen molar-refractivity contribution in [3.63, 3.8) is 0 Å². The van der Waals surface area contributed by atoms with Crippen LogP contribution < -0.4 is 5.32 Å². The predicted octanol–water partition coefficient (Wildman–Crippen LogP) is 12.5. The molecule has 1 N–H and O–H groups in total. The number of nitrogens with zero attached hydrogens (tertiary/aromatic N) is 2. The van der Waals surface area contributed by atoms with Gasteiger partial charge < -0.3 is 9.88 Å². The molecule has 10 rings (SSSR count). The molecule has 2 aromatic heterocycles. The summed E-state index contributed by atoms with van der Waals surface area (Å²) < 4.78 is 3.73. The van der Waals surface area contributed by atoms with Gasteiger partial charge in [0.15, 0.2) is 0 Å². The number of rotatable bonds is 6. The highest BCUT2D eigenvalue weighted by atomic mass is 32.1. The number of benzene rings is 7. The molecule has 4 heteroatoms. The van der Waals surface area contributed by atoms with E-state index in [0.717, 1.165) is 33.8 Å². The number of nitrogens with one attached hydrogen (secondary N) is 1. The quantitative estimate of drug-likeness (QED) is 0.186. The van der Waals surface area contributed by atoms with Gasteiger partial charge in [0.05, 0.1) is 16.7 Å². The van der Waals surface area contributed by atoms with Gasteiger partial charge in [0, 0.05) is 42.7 Å². The van der Waals surface area contributed by atoms with Crippen LogP contribution in [0, 0.1) is 0 Å². The summed E-state index contributed by atoms with van der Waals surface area (Å²) in [5.41, 5.74) is 12.7. The molecule has 7 aromatic carbocycles. The van der Waals surface area contributed by atoms with E-state index >= 15 is 0 Å². The second-order valence-corrected chi connectivity index (χ2v) is 14.2. The first-order valence-corrected chi connectivity index (χ1v) is 18.5. The van der Waals surface area contributed by atoms with Crippen molar-refractivity contribution in [1.82, 2.24) is 9.88 Å². The highest BCUT2D eigenvalue weighted by molar-refractivity contribution is 7.24. The molecule has 52 heavy (non-hydrogen) atoms. The van der Waals surface area contributed by atoms with Crippen molar-refractivity contribution in [2.45, 2.75) is 6.17 Å². The van der Waals surface area contributed by atoms with Crippen LogP contribution in [0.3, 0.4) is 0 Å². The van der Waals surface area contributed by atoms with E-state index in [1.54, 1.807) is 0 Å². The monoisotopic (exact) mass is 683 g/mol. The fourth-order valence-corrected chi connectivity index (χ4v) is 9.00. The molecular weight excluding hydrogens is 651 g/mol. The summed E-state index contributed by atoms with van der Waals surface area (Å²) in [5.74, 6) is 0. The van der Waals surface area contributed by atoms with Gasteiger partial charge in [0.1, 0.15) is 6.17 Å². The summed E-state index contributed by atoms with van der Waals surface area (Å²) in [4.78, 5) is 6.51. The van der Waals surface area contributed by atoms with Crippen LogP contribution >= 0.6 is 11.3 Å². The van der Waals surface area contributed by atoms with Gasteiger partial charge in [-0.2, -0.15) is 0 Å². The van der Waals surface area contributed by atoms with Gasteiger partial charge in [-0.15, -0.1) is 11.3 Å². The normalized spacial score (nSPS) is 14.3. The third kappa shape index (κ3) is 5.15. The van der Waals surface area contributed by atoms with Gasteiger partial charge in [-0.25, -0.2) is 0 Å². The lowest BCUT2D eigenvalue weighted by Gasteiger charge is -2.25. The van der Waals surface area contributed by atoms with E-state index in [4.69, 9.17) is 4.99 Å². The van der Waals surface area contributed by atoms with E-state index < -0.39 is 0 Å². The van der Waals surface area contributed by atoms with Crippen molar-refractivity contribution in [3.05, 3.63) is 205 Å². The van der Waals surface area contributed by atoms with Gasteiger partial charge >= 0.3 is 0 Å². The Bertz CT molecular complexity index is 2780. The molecule has 0 spiro atoms. The molecule has 0 fully saturated rings. The van der Waals surface area contributed by atoms with Gasteiger partial charge in [0.2, 0.25) is 0 Å². The van der Waals surface area contributed by atoms with E-state index in [-0.39, 0.29) is 6.17 Å². The summed E-state index contributed by atoms with van der Waals surface area (Å²) in [6.07, 6.45) is 2.00. The smallest absolute Gasteiger partial charge is 0.145 e. The largest absolute Gasteiger partial charge is 0.360 e. The van der Waals surface area contributed by atoms with Crippen molar-refractivity contribution >= 4 is 54.6 Å². The van der Waals surface area contributed by atoms with Crippen LogP contribution in [0.1, 0.15) is 22.9 Å². The molecule has 1 unspecified atom stereocenters. The fourth-order valence-electron chi connectivity index (χ4n) is 7.62. The molecule has 0 aliphatic carbocycles. The third-order valence-electron chi connectivity index (χ3n) is 10.1. The van der Waals surface area contributed by atoms with Crippen LogP contribution in [-0.4, -0.2) is 10.3 Å². The molecule has 3 nitrogen and oxygen atoms in total. The summed E-state index contributed by atoms with van der Waals surface area (Å²) >= 11 is 1.90. The molecule has 9 aromatic rings. The highest BCUT2D eigenvalue weighted by Crippen LogP contribution is 2.49. The number of para-hydroxylation sites is 1. The number of allylic oxidation sites excluding steroid dienone is 1. The van der Waals surface area contributed by atoms with Crippen molar-refractivity contribution in [3.8, 4) is 27.3 Å². The van der Waals surface area contributed by atoms with Gasteiger partial charge in [-0.1, -0.05) is 158 Å². The first-order valence-electron chi connectivity index (χ1n) is 17.7. The molecule has 1 aliphatic rings. The zero-order chi connectivity index (χ0) is 34.4. The average molecular weight is 684 g/mol. The van der Waals surface area contributed by atoms with Crippen LogP contribution in [0.5, 0.6) is 0 Å². The lowest BCUT2D eigenvalue weighted by Crippen LogP contribution is -2.24. The zero-order valence-electron chi connectivity index (χ0n) is 28.3. The van der Waals surface area contributed by atoms with E-state index in [2.05, 4.69) is 192 Å². The maximum Gasteiger partial charge on any atom is 0.145 e. The second-order valence-electron chi connectivity index (χ2n) is 13.2. The van der Waals surface area contributed by atoms with E-state index in [1.165, 1.54) is 53.5 Å². The third-order valence-corrected chi connectivity index (χ3v) is 11.3. The molecule has 0 saturated heterocycles. The molecule has 0 saturated carbocycles. The number of hydrogen-bond acceptors (Lipinski definition) is 3. The first kappa shape index (κ1) is 30.3. The van der Waals surface area contributed by atoms with Crippen molar-refractivity contribution in [2.24, 2.45) is 4.99 Å². The van der Waals surface area contributed by atoms with Crippen molar-refractivity contribution < 1.29 is 0 Å². The summed E-state index contributed by atoms with van der Waals surface area (Å²) in [6.45, 7) is 0. The molecule has 0 radical (unpaired) electrons. The van der Waals surface area contributed by atoms with Gasteiger partial charge in [-0.3, -0.25) is 4.99 Å². The average Bonchev–Trinajstić information content (AvgIpc) is 3.78. The summed E-state index contributed by atoms with van der Waals surface area (Å²) in [6, 6.07) is 65.0. The van der Waals surface area contributed by atoms with Crippen LogP contribution in [0.25, 0.3) is 64.8 Å². The fraction of sp³-hybridized carbons (Fsp3) is 0.0208. The molecule has 1 aliphatic heterocycles. The lowest BCUT2D eigenvalue weighted by atomic mass is 9.98. The Kier molecular flexibility index (Phi) is 7.40. The minimum atomic E-state index is -0.178. The molecule has 246 valence electrons. The van der Waals surface area contributed by atoms with Crippen molar-refractivity contribution in [1.29, 1.82) is 0 Å². The van der Waals surface area contributed by atoms with E-state index in [0.29, 0.717) is 0 Å². The van der Waals surface area contributed by atoms with Crippen LogP contribution in [0.15, 0.2) is 193 Å². The standard InChI is InChI=1S/C48H33N3S/c1-5-15-32(16-6-1)40-31-41(50-48(49-40)36-21-11-4-12-22-36)33-25-27-37(28-26-33)51-42-24-14-13-23-38(42)45-43(51)30-29-39-44(34-17-7-2-8-18-34)46(52-47(39)45)35-19-9-3-10-20-35/h1-31,48-49H. The lowest BCUT2D eigenvalue weighted by molar-refractivity contribution is 0.664. The maximum atomic E-state index is 5.21. The Hall–Kier alpha value is -6.49. The van der Waals surface area contributed by atoms with Crippen LogP contribution in [-0.2, 0) is 0 Å². The number of fused-ring (bicyclic) bond motifs is 5. The predicted molar refractivity (Wildman–Crippen MR) is 220 cm³/mol.